The zero-order valence-electron chi connectivity index (χ0n) is 13.9. The molecule has 0 atom stereocenters. The van der Waals surface area contributed by atoms with Crippen molar-refractivity contribution in [2.24, 2.45) is 0 Å². The highest BCUT2D eigenvalue weighted by Gasteiger charge is 2.11. The maximum Gasteiger partial charge on any atom is 0.321 e. The van der Waals surface area contributed by atoms with Gasteiger partial charge in [-0.15, -0.1) is 0 Å². The van der Waals surface area contributed by atoms with Crippen molar-refractivity contribution in [3.63, 3.8) is 0 Å². The Morgan fingerprint density at radius 1 is 1.12 bits per heavy atom. The van der Waals surface area contributed by atoms with Crippen LogP contribution in [0.4, 0.5) is 5.69 Å². The summed E-state index contributed by atoms with van der Waals surface area (Å²) in [6.45, 7) is 1.91. The van der Waals surface area contributed by atoms with E-state index in [0.29, 0.717) is 22.8 Å². The number of benzene rings is 1. The molecule has 0 bridgehead atoms. The summed E-state index contributed by atoms with van der Waals surface area (Å²) >= 11 is 0. The molecule has 0 saturated heterocycles. The lowest BCUT2D eigenvalue weighted by molar-refractivity contribution is 0.102. The lowest BCUT2D eigenvalue weighted by atomic mass is 10.2. The van der Waals surface area contributed by atoms with Gasteiger partial charge in [0, 0.05) is 35.7 Å². The van der Waals surface area contributed by atoms with Gasteiger partial charge in [0.25, 0.3) is 5.91 Å². The first kappa shape index (κ1) is 15.8. The van der Waals surface area contributed by atoms with E-state index in [1.54, 1.807) is 42.9 Å². The van der Waals surface area contributed by atoms with Crippen LogP contribution in [-0.2, 0) is 0 Å². The molecule has 1 amide bonds. The van der Waals surface area contributed by atoms with Gasteiger partial charge in [0.1, 0.15) is 17.1 Å². The number of nitrogens with zero attached hydrogens (tertiary/aromatic N) is 3. The molecule has 26 heavy (non-hydrogen) atoms. The van der Waals surface area contributed by atoms with E-state index in [9.17, 15) is 4.79 Å². The van der Waals surface area contributed by atoms with Gasteiger partial charge >= 0.3 is 6.01 Å². The van der Waals surface area contributed by atoms with Crippen LogP contribution in [0.2, 0.25) is 0 Å². The number of aryl methyl sites for hydroxylation is 1. The zero-order chi connectivity index (χ0) is 17.9. The number of amides is 1. The van der Waals surface area contributed by atoms with Crippen LogP contribution in [0.15, 0.2) is 61.1 Å². The summed E-state index contributed by atoms with van der Waals surface area (Å²) in [6, 6.07) is 12.8. The van der Waals surface area contributed by atoms with E-state index >= 15 is 0 Å². The number of hydrogen-bond acceptors (Lipinski definition) is 5. The number of aromatic nitrogens is 4. The van der Waals surface area contributed by atoms with E-state index in [-0.39, 0.29) is 11.9 Å². The minimum absolute atomic E-state index is 0.248. The number of anilines is 1. The largest absolute Gasteiger partial charge is 0.424 e. The van der Waals surface area contributed by atoms with Crippen molar-refractivity contribution in [2.75, 3.05) is 5.32 Å². The number of hydrogen-bond donors (Lipinski definition) is 2. The third-order valence-corrected chi connectivity index (χ3v) is 3.83. The molecule has 4 rings (SSSR count). The third-order valence-electron chi connectivity index (χ3n) is 3.83. The molecular weight excluding hydrogens is 330 g/mol. The number of rotatable bonds is 4. The van der Waals surface area contributed by atoms with E-state index in [4.69, 9.17) is 4.74 Å². The summed E-state index contributed by atoms with van der Waals surface area (Å²) in [5.74, 6) is 0.272. The Labute approximate surface area is 149 Å². The first-order valence-corrected chi connectivity index (χ1v) is 8.00. The normalized spacial score (nSPS) is 10.7. The summed E-state index contributed by atoms with van der Waals surface area (Å²) in [5, 5.41) is 3.79. The van der Waals surface area contributed by atoms with Crippen LogP contribution < -0.4 is 10.1 Å². The maximum atomic E-state index is 12.5. The predicted octanol–water partition coefficient (Wildman–Crippen LogP) is 3.71. The number of fused-ring (bicyclic) bond motifs is 1. The van der Waals surface area contributed by atoms with Gasteiger partial charge in [0.15, 0.2) is 0 Å². The lowest BCUT2D eigenvalue weighted by Gasteiger charge is -2.10. The van der Waals surface area contributed by atoms with Crippen molar-refractivity contribution >= 4 is 22.6 Å². The lowest BCUT2D eigenvalue weighted by Crippen LogP contribution is -2.13. The smallest absolute Gasteiger partial charge is 0.321 e. The number of nitrogens with one attached hydrogen (secondary N) is 2. The molecule has 0 aliphatic heterocycles. The fourth-order valence-electron chi connectivity index (χ4n) is 2.48. The van der Waals surface area contributed by atoms with Gasteiger partial charge in [-0.3, -0.25) is 4.79 Å². The van der Waals surface area contributed by atoms with E-state index < -0.39 is 0 Å². The fourth-order valence-corrected chi connectivity index (χ4v) is 2.48. The van der Waals surface area contributed by atoms with Crippen LogP contribution >= 0.6 is 0 Å². The Balaban J connectivity index is 1.55. The highest BCUT2D eigenvalue weighted by Crippen LogP contribution is 2.26. The van der Waals surface area contributed by atoms with E-state index in [2.05, 4.69) is 25.3 Å². The molecule has 0 unspecified atom stereocenters. The molecule has 0 saturated carbocycles. The van der Waals surface area contributed by atoms with Gasteiger partial charge in [-0.25, -0.2) is 15.0 Å². The molecular formula is C19H15N5O2. The third kappa shape index (κ3) is 3.23. The molecule has 7 nitrogen and oxygen atoms in total. The monoisotopic (exact) mass is 345 g/mol. The van der Waals surface area contributed by atoms with Gasteiger partial charge in [0.05, 0.1) is 0 Å². The quantitative estimate of drug-likeness (QED) is 0.588. The van der Waals surface area contributed by atoms with Crippen LogP contribution in [0.3, 0.4) is 0 Å². The summed E-state index contributed by atoms with van der Waals surface area (Å²) in [6.07, 6.45) is 4.99. The molecule has 7 heteroatoms. The minimum Gasteiger partial charge on any atom is -0.424 e. The molecule has 128 valence electrons. The fraction of sp³-hybridized carbons (Fsp3) is 0.0526. The van der Waals surface area contributed by atoms with Gasteiger partial charge in [-0.1, -0.05) is 6.07 Å². The highest BCUT2D eigenvalue weighted by molar-refractivity contribution is 6.04. The average molecular weight is 345 g/mol. The Morgan fingerprint density at radius 3 is 2.81 bits per heavy atom. The number of pyridine rings is 1. The first-order valence-electron chi connectivity index (χ1n) is 8.00. The molecule has 2 N–H and O–H groups in total. The number of aromatic amines is 1. The van der Waals surface area contributed by atoms with E-state index in [1.807, 2.05) is 25.1 Å². The molecule has 0 aliphatic rings. The second-order valence-electron chi connectivity index (χ2n) is 5.68. The SMILES string of the molecule is Cc1ccc(NC(=O)c2ccc3cc[nH]c3n2)cc1Oc1ncccn1. The van der Waals surface area contributed by atoms with Gasteiger partial charge in [0.2, 0.25) is 0 Å². The van der Waals surface area contributed by atoms with Gasteiger partial charge in [-0.05, 0) is 42.8 Å². The summed E-state index contributed by atoms with van der Waals surface area (Å²) in [4.78, 5) is 27.9. The average Bonchev–Trinajstić information content (AvgIpc) is 3.13. The van der Waals surface area contributed by atoms with Crippen molar-refractivity contribution < 1.29 is 9.53 Å². The Hall–Kier alpha value is -3.74. The first-order chi connectivity index (χ1) is 12.7. The molecule has 3 heterocycles. The summed E-state index contributed by atoms with van der Waals surface area (Å²) in [5.41, 5.74) is 2.50. The second kappa shape index (κ2) is 6.64. The van der Waals surface area contributed by atoms with Crippen molar-refractivity contribution in [3.05, 3.63) is 72.3 Å². The number of ether oxygens (including phenoxy) is 1. The van der Waals surface area contributed by atoms with Crippen molar-refractivity contribution in [1.82, 2.24) is 19.9 Å². The number of carbonyl (C=O) groups excluding carboxylic acids is 1. The predicted molar refractivity (Wildman–Crippen MR) is 97.3 cm³/mol. The van der Waals surface area contributed by atoms with Crippen LogP contribution in [0.5, 0.6) is 11.8 Å². The topological polar surface area (TPSA) is 92.8 Å². The van der Waals surface area contributed by atoms with E-state index in [1.165, 1.54) is 0 Å². The van der Waals surface area contributed by atoms with Crippen molar-refractivity contribution in [2.45, 2.75) is 6.92 Å². The molecule has 0 radical (unpaired) electrons. The zero-order valence-corrected chi connectivity index (χ0v) is 13.9. The number of carbonyl (C=O) groups is 1. The standard InChI is InChI=1S/C19H15N5O2/c1-12-3-5-14(11-16(12)26-19-21-8-2-9-22-19)23-18(25)15-6-4-13-7-10-20-17(13)24-15/h2-11H,1H3,(H,20,24)(H,23,25). The van der Waals surface area contributed by atoms with E-state index in [0.717, 1.165) is 10.9 Å². The summed E-state index contributed by atoms with van der Waals surface area (Å²) in [7, 11) is 0. The van der Waals surface area contributed by atoms with Crippen LogP contribution in [0.25, 0.3) is 11.0 Å². The molecule has 0 aliphatic carbocycles. The second-order valence-corrected chi connectivity index (χ2v) is 5.68. The Morgan fingerprint density at radius 2 is 1.96 bits per heavy atom. The number of H-pyrrole nitrogens is 1. The molecule has 0 spiro atoms. The van der Waals surface area contributed by atoms with Crippen molar-refractivity contribution in [1.29, 1.82) is 0 Å². The Kier molecular flexibility index (Phi) is 4.03. The molecule has 1 aromatic carbocycles. The Bertz CT molecular complexity index is 1080. The van der Waals surface area contributed by atoms with Crippen molar-refractivity contribution in [3.8, 4) is 11.8 Å². The van der Waals surface area contributed by atoms with Crippen LogP contribution in [-0.4, -0.2) is 25.8 Å². The van der Waals surface area contributed by atoms with Gasteiger partial charge in [-0.2, -0.15) is 0 Å². The van der Waals surface area contributed by atoms with Crippen LogP contribution in [0.1, 0.15) is 16.1 Å². The molecule has 0 fully saturated rings. The van der Waals surface area contributed by atoms with Crippen LogP contribution in [0, 0.1) is 6.92 Å². The maximum absolute atomic E-state index is 12.5. The molecule has 3 aromatic heterocycles. The minimum atomic E-state index is -0.299. The summed E-state index contributed by atoms with van der Waals surface area (Å²) < 4.78 is 5.69. The van der Waals surface area contributed by atoms with Gasteiger partial charge < -0.3 is 15.0 Å². The molecule has 4 aromatic rings. The highest BCUT2D eigenvalue weighted by atomic mass is 16.5.